The normalized spacial score (nSPS) is 7.06. The molecule has 0 bridgehead atoms. The van der Waals surface area contributed by atoms with Gasteiger partial charge in [0.1, 0.15) is 0 Å². The number of hydrogen-bond donors (Lipinski definition) is 0. The third-order valence-corrected chi connectivity index (χ3v) is 2.37. The van der Waals surface area contributed by atoms with Crippen molar-refractivity contribution in [2.24, 2.45) is 0 Å². The van der Waals surface area contributed by atoms with Crippen molar-refractivity contribution in [2.45, 2.75) is 0 Å². The highest BCUT2D eigenvalue weighted by Gasteiger charge is 1.71. The van der Waals surface area contributed by atoms with Crippen LogP contribution in [0.25, 0.3) is 0 Å². The SMILES string of the molecule is Cl.Cl.Cl.[Al][c]1ccccc1.[Al][c]1ccccc1. The van der Waals surface area contributed by atoms with E-state index in [-0.39, 0.29) is 37.2 Å². The van der Waals surface area contributed by atoms with Gasteiger partial charge in [-0.05, 0) is 0 Å². The quantitative estimate of drug-likeness (QED) is 0.654. The molecule has 0 unspecified atom stereocenters. The second-order valence-electron chi connectivity index (χ2n) is 2.82. The van der Waals surface area contributed by atoms with E-state index in [0.717, 1.165) is 0 Å². The van der Waals surface area contributed by atoms with Gasteiger partial charge in [-0.3, -0.25) is 0 Å². The molecule has 0 saturated carbocycles. The number of halogens is 3. The predicted molar refractivity (Wildman–Crippen MR) is 85.4 cm³/mol. The topological polar surface area (TPSA) is 0 Å². The minimum absolute atomic E-state index is 0. The smallest absolute Gasteiger partial charge is 0.147 e. The molecule has 0 amide bonds. The Morgan fingerprint density at radius 2 is 0.706 bits per heavy atom. The molecule has 0 aliphatic heterocycles. The van der Waals surface area contributed by atoms with Crippen LogP contribution in [0.3, 0.4) is 0 Å². The molecule has 0 spiro atoms. The maximum absolute atomic E-state index is 2.63. The molecule has 0 N–H and O–H groups in total. The van der Waals surface area contributed by atoms with Crippen LogP contribution in [0.15, 0.2) is 60.7 Å². The zero-order valence-electron chi connectivity index (χ0n) is 9.15. The highest BCUT2D eigenvalue weighted by Crippen LogP contribution is 1.77. The standard InChI is InChI=1S/2C6H5.2Al.3ClH/c2*1-2-4-6-5-3-1;;;;;/h2*1-5H;;;3*1H. The van der Waals surface area contributed by atoms with Crippen molar-refractivity contribution in [2.75, 3.05) is 0 Å². The molecule has 0 aliphatic carbocycles. The third kappa shape index (κ3) is 12.6. The first-order chi connectivity index (χ1) is 6.79. The summed E-state index contributed by atoms with van der Waals surface area (Å²) >= 11 is 5.26. The Bertz CT molecular complexity index is 317. The predicted octanol–water partition coefficient (Wildman–Crippen LogP) is 2.23. The number of benzene rings is 2. The lowest BCUT2D eigenvalue weighted by atomic mass is 10.4. The van der Waals surface area contributed by atoms with E-state index >= 15 is 0 Å². The van der Waals surface area contributed by atoms with Gasteiger partial charge in [-0.1, -0.05) is 60.7 Å². The fraction of sp³-hybridized carbons (Fsp3) is 0. The van der Waals surface area contributed by atoms with E-state index in [4.69, 9.17) is 0 Å². The van der Waals surface area contributed by atoms with E-state index in [1.807, 2.05) is 60.7 Å². The van der Waals surface area contributed by atoms with Crippen molar-refractivity contribution in [1.29, 1.82) is 0 Å². The molecule has 4 radical (unpaired) electrons. The van der Waals surface area contributed by atoms with Gasteiger partial charge < -0.3 is 0 Å². The molecule has 5 heteroatoms. The fourth-order valence-electron chi connectivity index (χ4n) is 0.906. The largest absolute Gasteiger partial charge is 0.175 e. The Morgan fingerprint density at radius 3 is 0.824 bits per heavy atom. The van der Waals surface area contributed by atoms with Gasteiger partial charge in [-0.15, -0.1) is 46.1 Å². The Morgan fingerprint density at radius 1 is 0.471 bits per heavy atom. The first kappa shape index (κ1) is 22.5. The van der Waals surface area contributed by atoms with Crippen LogP contribution < -0.4 is 8.85 Å². The van der Waals surface area contributed by atoms with Crippen LogP contribution in [-0.2, 0) is 0 Å². The van der Waals surface area contributed by atoms with Crippen molar-refractivity contribution < 1.29 is 0 Å². The van der Waals surface area contributed by atoms with E-state index in [0.29, 0.717) is 0 Å². The molecule has 0 fully saturated rings. The molecule has 0 aromatic heterocycles. The van der Waals surface area contributed by atoms with E-state index in [9.17, 15) is 0 Å². The van der Waals surface area contributed by atoms with Crippen LogP contribution in [0.5, 0.6) is 0 Å². The third-order valence-electron chi connectivity index (χ3n) is 1.60. The molecule has 0 saturated heterocycles. The van der Waals surface area contributed by atoms with Crippen molar-refractivity contribution >= 4 is 78.7 Å². The fourth-order valence-corrected chi connectivity index (χ4v) is 1.35. The highest BCUT2D eigenvalue weighted by molar-refractivity contribution is 6.32. The van der Waals surface area contributed by atoms with Crippen LogP contribution in [0, 0.1) is 0 Å². The summed E-state index contributed by atoms with van der Waals surface area (Å²) in [5.74, 6) is 0. The molecule has 0 heterocycles. The van der Waals surface area contributed by atoms with Crippen LogP contribution >= 0.6 is 37.2 Å². The maximum atomic E-state index is 2.63. The maximum Gasteiger partial charge on any atom is 0.175 e. The van der Waals surface area contributed by atoms with Gasteiger partial charge in [0.15, 0.2) is 32.6 Å². The van der Waals surface area contributed by atoms with Gasteiger partial charge in [-0.25, -0.2) is 0 Å². The zero-order chi connectivity index (χ0) is 10.2. The van der Waals surface area contributed by atoms with Gasteiger partial charge >= 0.3 is 0 Å². The summed E-state index contributed by atoms with van der Waals surface area (Å²) in [6.45, 7) is 0. The summed E-state index contributed by atoms with van der Waals surface area (Å²) in [7, 11) is 0. The van der Waals surface area contributed by atoms with Crippen LogP contribution in [-0.4, -0.2) is 32.6 Å². The van der Waals surface area contributed by atoms with Gasteiger partial charge in [0.2, 0.25) is 0 Å². The van der Waals surface area contributed by atoms with Crippen molar-refractivity contribution in [1.82, 2.24) is 0 Å². The van der Waals surface area contributed by atoms with Gasteiger partial charge in [0.05, 0.1) is 0 Å². The lowest BCUT2D eigenvalue weighted by Gasteiger charge is -1.84. The number of hydrogen-bond acceptors (Lipinski definition) is 0. The van der Waals surface area contributed by atoms with E-state index < -0.39 is 0 Å². The minimum Gasteiger partial charge on any atom is -0.147 e. The molecule has 2 aromatic carbocycles. The van der Waals surface area contributed by atoms with Gasteiger partial charge in [0.25, 0.3) is 0 Å². The van der Waals surface area contributed by atoms with Crippen LogP contribution in [0.2, 0.25) is 0 Å². The Hall–Kier alpha value is 0.375. The van der Waals surface area contributed by atoms with E-state index in [2.05, 4.69) is 32.6 Å². The summed E-state index contributed by atoms with van der Waals surface area (Å²) in [5.41, 5.74) is 0. The number of rotatable bonds is 0. The van der Waals surface area contributed by atoms with Gasteiger partial charge in [0, 0.05) is 0 Å². The summed E-state index contributed by atoms with van der Waals surface area (Å²) in [6, 6.07) is 20.3. The average Bonchev–Trinajstić information content (AvgIpc) is 2.21. The Labute approximate surface area is 138 Å². The molecule has 0 atom stereocenters. The Balaban J connectivity index is -0.000000196. The first-order valence-electron chi connectivity index (χ1n) is 4.40. The average molecular weight is 318 g/mol. The van der Waals surface area contributed by atoms with Crippen molar-refractivity contribution in [3.8, 4) is 0 Å². The lowest BCUT2D eigenvalue weighted by molar-refractivity contribution is 1.78. The van der Waals surface area contributed by atoms with Crippen LogP contribution in [0.4, 0.5) is 0 Å². The van der Waals surface area contributed by atoms with E-state index in [1.165, 1.54) is 8.85 Å². The molecule has 17 heavy (non-hydrogen) atoms. The monoisotopic (exact) mass is 316 g/mol. The highest BCUT2D eigenvalue weighted by atomic mass is 35.5. The molecule has 0 nitrogen and oxygen atoms in total. The lowest BCUT2D eigenvalue weighted by Crippen LogP contribution is -1.97. The van der Waals surface area contributed by atoms with Crippen molar-refractivity contribution in [3.05, 3.63) is 60.7 Å². The minimum atomic E-state index is 0. The first-order valence-corrected chi connectivity index (χ1v) is 5.55. The molecular formula is C12H13Al2Cl3. The second-order valence-corrected chi connectivity index (χ2v) is 4.15. The second kappa shape index (κ2) is 14.4. The summed E-state index contributed by atoms with van der Waals surface area (Å²) in [5, 5.41) is 0. The molecule has 0 aliphatic rings. The molecule has 88 valence electrons. The molecule has 2 aromatic rings. The van der Waals surface area contributed by atoms with Crippen molar-refractivity contribution in [3.63, 3.8) is 0 Å². The van der Waals surface area contributed by atoms with Gasteiger partial charge in [-0.2, -0.15) is 0 Å². The molecule has 2 rings (SSSR count). The summed E-state index contributed by atoms with van der Waals surface area (Å²) in [4.78, 5) is 0. The zero-order valence-corrected chi connectivity index (χ0v) is 13.9. The summed E-state index contributed by atoms with van der Waals surface area (Å²) < 4.78 is 2.48. The van der Waals surface area contributed by atoms with E-state index in [1.54, 1.807) is 0 Å². The summed E-state index contributed by atoms with van der Waals surface area (Å²) in [6.07, 6.45) is 0. The Kier molecular flexibility index (Phi) is 19.1. The molecular weight excluding hydrogens is 304 g/mol. The van der Waals surface area contributed by atoms with Crippen LogP contribution in [0.1, 0.15) is 0 Å².